The van der Waals surface area contributed by atoms with E-state index in [0.717, 1.165) is 12.0 Å². The maximum Gasteiger partial charge on any atom is 0.239 e. The second kappa shape index (κ2) is 8.92. The van der Waals surface area contributed by atoms with Crippen LogP contribution in [-0.2, 0) is 16.1 Å². The molecule has 6 nitrogen and oxygen atoms in total. The van der Waals surface area contributed by atoms with Crippen molar-refractivity contribution in [2.75, 3.05) is 27.3 Å². The molecule has 6 heteroatoms. The first kappa shape index (κ1) is 17.8. The molecule has 0 saturated heterocycles. The first-order valence-corrected chi connectivity index (χ1v) is 7.24. The highest BCUT2D eigenvalue weighted by Gasteiger charge is 2.15. The maximum absolute atomic E-state index is 11.8. The van der Waals surface area contributed by atoms with E-state index in [4.69, 9.17) is 9.47 Å². The van der Waals surface area contributed by atoms with Crippen molar-refractivity contribution in [2.24, 2.45) is 0 Å². The first-order valence-electron chi connectivity index (χ1n) is 7.24. The van der Waals surface area contributed by atoms with Gasteiger partial charge >= 0.3 is 0 Å². The van der Waals surface area contributed by atoms with Crippen LogP contribution in [0, 0.1) is 0 Å². The summed E-state index contributed by atoms with van der Waals surface area (Å²) >= 11 is 0. The Kier molecular flexibility index (Phi) is 7.22. The third kappa shape index (κ3) is 5.27. The second-order valence-corrected chi connectivity index (χ2v) is 4.91. The van der Waals surface area contributed by atoms with Crippen LogP contribution in [0.15, 0.2) is 18.2 Å². The Labute approximate surface area is 131 Å². The molecule has 1 aromatic rings. The highest BCUT2D eigenvalue weighted by atomic mass is 16.5. The predicted molar refractivity (Wildman–Crippen MR) is 83.9 cm³/mol. The predicted octanol–water partition coefficient (Wildman–Crippen LogP) is 1.58. The summed E-state index contributed by atoms with van der Waals surface area (Å²) < 4.78 is 10.4. The van der Waals surface area contributed by atoms with Crippen LogP contribution in [0.3, 0.4) is 0 Å². The number of rotatable bonds is 8. The fourth-order valence-corrected chi connectivity index (χ4v) is 1.97. The van der Waals surface area contributed by atoms with Crippen molar-refractivity contribution in [3.8, 4) is 11.5 Å². The lowest BCUT2D eigenvalue weighted by molar-refractivity contribution is -0.134. The van der Waals surface area contributed by atoms with E-state index >= 15 is 0 Å². The zero-order valence-electron chi connectivity index (χ0n) is 13.6. The molecule has 0 spiro atoms. The lowest BCUT2D eigenvalue weighted by atomic mass is 10.2. The normalized spacial score (nSPS) is 10.0. The van der Waals surface area contributed by atoms with Crippen molar-refractivity contribution in [1.82, 2.24) is 10.2 Å². The van der Waals surface area contributed by atoms with Crippen LogP contribution in [-0.4, -0.2) is 44.0 Å². The van der Waals surface area contributed by atoms with E-state index < -0.39 is 0 Å². The molecule has 0 radical (unpaired) electrons. The van der Waals surface area contributed by atoms with Crippen LogP contribution < -0.4 is 14.8 Å². The molecule has 0 unspecified atom stereocenters. The number of methoxy groups -OCH3 is 2. The SMILES string of the molecule is CCCNC(=O)CN(Cc1ccc(OC)c(OC)c1)C(C)=O. The molecule has 1 aromatic carbocycles. The van der Waals surface area contributed by atoms with Gasteiger partial charge in [-0.15, -0.1) is 0 Å². The molecule has 0 fully saturated rings. The third-order valence-electron chi connectivity index (χ3n) is 3.17. The highest BCUT2D eigenvalue weighted by molar-refractivity contribution is 5.83. The van der Waals surface area contributed by atoms with Crippen molar-refractivity contribution in [1.29, 1.82) is 0 Å². The van der Waals surface area contributed by atoms with Crippen LogP contribution in [0.1, 0.15) is 25.8 Å². The van der Waals surface area contributed by atoms with Gasteiger partial charge in [-0.1, -0.05) is 13.0 Å². The molecule has 0 bridgehead atoms. The van der Waals surface area contributed by atoms with Gasteiger partial charge in [0, 0.05) is 20.0 Å². The van der Waals surface area contributed by atoms with Crippen LogP contribution in [0.4, 0.5) is 0 Å². The van der Waals surface area contributed by atoms with Gasteiger partial charge in [0.05, 0.1) is 20.8 Å². The minimum absolute atomic E-state index is 0.0453. The van der Waals surface area contributed by atoms with Crippen LogP contribution in [0.25, 0.3) is 0 Å². The lowest BCUT2D eigenvalue weighted by Gasteiger charge is -2.21. The van der Waals surface area contributed by atoms with Crippen molar-refractivity contribution in [3.05, 3.63) is 23.8 Å². The maximum atomic E-state index is 11.8. The van der Waals surface area contributed by atoms with Gasteiger partial charge in [0.25, 0.3) is 0 Å². The molecule has 1 rings (SSSR count). The fraction of sp³-hybridized carbons (Fsp3) is 0.500. The van der Waals surface area contributed by atoms with Crippen molar-refractivity contribution < 1.29 is 19.1 Å². The minimum Gasteiger partial charge on any atom is -0.493 e. The lowest BCUT2D eigenvalue weighted by Crippen LogP contribution is -2.39. The standard InChI is InChI=1S/C16H24N2O4/c1-5-8-17-16(20)11-18(12(2)19)10-13-6-7-14(21-3)15(9-13)22-4/h6-7,9H,5,8,10-11H2,1-4H3,(H,17,20). The van der Waals surface area contributed by atoms with Crippen molar-refractivity contribution >= 4 is 11.8 Å². The van der Waals surface area contributed by atoms with E-state index in [2.05, 4.69) is 5.32 Å². The smallest absolute Gasteiger partial charge is 0.239 e. The second-order valence-electron chi connectivity index (χ2n) is 4.91. The van der Waals surface area contributed by atoms with E-state index in [1.807, 2.05) is 13.0 Å². The number of carbonyl (C=O) groups is 2. The number of nitrogens with one attached hydrogen (secondary N) is 1. The Hall–Kier alpha value is -2.24. The Morgan fingerprint density at radius 3 is 2.41 bits per heavy atom. The topological polar surface area (TPSA) is 67.9 Å². The summed E-state index contributed by atoms with van der Waals surface area (Å²) in [6.45, 7) is 4.43. The molecular weight excluding hydrogens is 284 g/mol. The third-order valence-corrected chi connectivity index (χ3v) is 3.17. The number of nitrogens with zero attached hydrogens (tertiary/aromatic N) is 1. The Bertz CT molecular complexity index is 517. The molecule has 0 aliphatic carbocycles. The van der Waals surface area contributed by atoms with Gasteiger partial charge < -0.3 is 19.7 Å². The summed E-state index contributed by atoms with van der Waals surface area (Å²) in [5, 5.41) is 2.77. The Balaban J connectivity index is 2.78. The molecule has 0 atom stereocenters. The molecule has 0 aromatic heterocycles. The molecule has 0 aliphatic heterocycles. The van der Waals surface area contributed by atoms with E-state index in [0.29, 0.717) is 24.6 Å². The summed E-state index contributed by atoms with van der Waals surface area (Å²) in [4.78, 5) is 25.0. The quantitative estimate of drug-likeness (QED) is 0.792. The number of benzene rings is 1. The van der Waals surface area contributed by atoms with Gasteiger partial charge in [-0.05, 0) is 24.1 Å². The largest absolute Gasteiger partial charge is 0.493 e. The monoisotopic (exact) mass is 308 g/mol. The Morgan fingerprint density at radius 1 is 1.18 bits per heavy atom. The molecule has 0 aliphatic rings. The molecule has 0 heterocycles. The molecule has 22 heavy (non-hydrogen) atoms. The molecule has 122 valence electrons. The number of ether oxygens (including phenoxy) is 2. The fourth-order valence-electron chi connectivity index (χ4n) is 1.97. The van der Waals surface area contributed by atoms with E-state index in [1.165, 1.54) is 11.8 Å². The summed E-state index contributed by atoms with van der Waals surface area (Å²) in [7, 11) is 3.13. The summed E-state index contributed by atoms with van der Waals surface area (Å²) in [5.41, 5.74) is 0.871. The zero-order chi connectivity index (χ0) is 16.5. The number of hydrogen-bond donors (Lipinski definition) is 1. The minimum atomic E-state index is -0.155. The van der Waals surface area contributed by atoms with Crippen LogP contribution in [0.5, 0.6) is 11.5 Å². The molecular formula is C16H24N2O4. The number of hydrogen-bond acceptors (Lipinski definition) is 4. The Morgan fingerprint density at radius 2 is 1.86 bits per heavy atom. The summed E-state index contributed by atoms with van der Waals surface area (Å²) in [6, 6.07) is 5.43. The van der Waals surface area contributed by atoms with Gasteiger partial charge in [0.1, 0.15) is 0 Å². The van der Waals surface area contributed by atoms with E-state index in [1.54, 1.807) is 26.4 Å². The number of amides is 2. The number of carbonyl (C=O) groups excluding carboxylic acids is 2. The van der Waals surface area contributed by atoms with E-state index in [9.17, 15) is 9.59 Å². The molecule has 0 saturated carbocycles. The van der Waals surface area contributed by atoms with Gasteiger partial charge in [-0.25, -0.2) is 0 Å². The van der Waals surface area contributed by atoms with Gasteiger partial charge in [-0.3, -0.25) is 9.59 Å². The van der Waals surface area contributed by atoms with Crippen LogP contribution in [0.2, 0.25) is 0 Å². The van der Waals surface area contributed by atoms with Crippen LogP contribution >= 0.6 is 0 Å². The van der Waals surface area contributed by atoms with Gasteiger partial charge in [0.15, 0.2) is 11.5 Å². The summed E-state index contributed by atoms with van der Waals surface area (Å²) in [6.07, 6.45) is 0.863. The van der Waals surface area contributed by atoms with Gasteiger partial charge in [-0.2, -0.15) is 0 Å². The first-order chi connectivity index (χ1) is 10.5. The van der Waals surface area contributed by atoms with E-state index in [-0.39, 0.29) is 18.4 Å². The molecule has 2 amide bonds. The summed E-state index contributed by atoms with van der Waals surface area (Å²) in [5.74, 6) is 0.916. The van der Waals surface area contributed by atoms with Gasteiger partial charge in [0.2, 0.25) is 11.8 Å². The highest BCUT2D eigenvalue weighted by Crippen LogP contribution is 2.28. The molecule has 1 N–H and O–H groups in total. The van der Waals surface area contributed by atoms with Crippen molar-refractivity contribution in [3.63, 3.8) is 0 Å². The average Bonchev–Trinajstić information content (AvgIpc) is 2.51. The zero-order valence-corrected chi connectivity index (χ0v) is 13.6. The average molecular weight is 308 g/mol. The van der Waals surface area contributed by atoms with Crippen molar-refractivity contribution in [2.45, 2.75) is 26.8 Å².